The molecule has 0 spiro atoms. The average Bonchev–Trinajstić information content (AvgIpc) is 3.35. The number of aromatic nitrogens is 3. The highest BCUT2D eigenvalue weighted by Gasteiger charge is 2.19. The van der Waals surface area contributed by atoms with E-state index in [1.165, 1.54) is 6.33 Å². The number of methoxy groups -OCH3 is 3. The van der Waals surface area contributed by atoms with Crippen LogP contribution in [0.15, 0.2) is 49.1 Å². The van der Waals surface area contributed by atoms with Crippen LogP contribution in [0.2, 0.25) is 0 Å². The Morgan fingerprint density at radius 2 is 1.71 bits per heavy atom. The van der Waals surface area contributed by atoms with Gasteiger partial charge in [-0.1, -0.05) is 12.1 Å². The second-order valence-corrected chi connectivity index (χ2v) is 7.15. The minimum Gasteiger partial charge on any atom is -0.493 e. The smallest absolute Gasteiger partial charge is 0.223 e. The molecule has 0 aliphatic carbocycles. The zero-order chi connectivity index (χ0) is 22.4. The summed E-state index contributed by atoms with van der Waals surface area (Å²) in [6.07, 6.45) is 4.09. The SMILES string of the molecule is COc1cc(CCC(=O)N(C)[C@@H](C)c2ccc(-n3cncn3)cc2)cc(OC)c1OC. The molecule has 1 aromatic heterocycles. The van der Waals surface area contributed by atoms with E-state index in [0.717, 1.165) is 16.8 Å². The van der Waals surface area contributed by atoms with Crippen LogP contribution in [0.3, 0.4) is 0 Å². The van der Waals surface area contributed by atoms with E-state index in [4.69, 9.17) is 14.2 Å². The van der Waals surface area contributed by atoms with Crippen LogP contribution in [0.25, 0.3) is 5.69 Å². The van der Waals surface area contributed by atoms with Gasteiger partial charge in [-0.25, -0.2) is 9.67 Å². The monoisotopic (exact) mass is 424 g/mol. The Morgan fingerprint density at radius 3 is 2.23 bits per heavy atom. The molecule has 3 rings (SSSR count). The molecule has 0 aliphatic heterocycles. The van der Waals surface area contributed by atoms with Crippen molar-refractivity contribution in [2.75, 3.05) is 28.4 Å². The minimum atomic E-state index is -0.0581. The van der Waals surface area contributed by atoms with Crippen LogP contribution in [0, 0.1) is 0 Å². The number of carbonyl (C=O) groups excluding carboxylic acids is 1. The fourth-order valence-electron chi connectivity index (χ4n) is 3.39. The van der Waals surface area contributed by atoms with Gasteiger partial charge in [0.05, 0.1) is 33.1 Å². The quantitative estimate of drug-likeness (QED) is 0.524. The predicted octanol–water partition coefficient (Wildman–Crippen LogP) is 3.45. The molecule has 0 saturated heterocycles. The standard InChI is InChI=1S/C23H28N4O4/c1-16(18-7-9-19(10-8-18)27-15-24-14-25-27)26(2)22(28)11-6-17-12-20(29-3)23(31-5)21(13-17)30-4/h7-10,12-16H,6,11H2,1-5H3/t16-/m0/s1. The number of carbonyl (C=O) groups is 1. The van der Waals surface area contributed by atoms with Crippen molar-refractivity contribution in [2.45, 2.75) is 25.8 Å². The molecule has 2 aromatic carbocycles. The molecule has 1 heterocycles. The Labute approximate surface area is 182 Å². The molecular formula is C23H28N4O4. The van der Waals surface area contributed by atoms with Crippen LogP contribution in [0.5, 0.6) is 17.2 Å². The second-order valence-electron chi connectivity index (χ2n) is 7.15. The molecule has 1 atom stereocenters. The summed E-state index contributed by atoms with van der Waals surface area (Å²) in [5, 5.41) is 4.13. The summed E-state index contributed by atoms with van der Waals surface area (Å²) in [6.45, 7) is 2.02. The van der Waals surface area contributed by atoms with Gasteiger partial charge in [-0.3, -0.25) is 4.79 Å². The zero-order valence-electron chi connectivity index (χ0n) is 18.5. The fourth-order valence-corrected chi connectivity index (χ4v) is 3.39. The van der Waals surface area contributed by atoms with Gasteiger partial charge in [-0.2, -0.15) is 5.10 Å². The Hall–Kier alpha value is -3.55. The fraction of sp³-hybridized carbons (Fsp3) is 0.348. The molecule has 164 valence electrons. The van der Waals surface area contributed by atoms with Crippen molar-refractivity contribution in [1.29, 1.82) is 0 Å². The maximum absolute atomic E-state index is 12.8. The highest BCUT2D eigenvalue weighted by atomic mass is 16.5. The molecule has 3 aromatic rings. The van der Waals surface area contributed by atoms with Crippen molar-refractivity contribution in [2.24, 2.45) is 0 Å². The van der Waals surface area contributed by atoms with E-state index >= 15 is 0 Å². The van der Waals surface area contributed by atoms with E-state index in [9.17, 15) is 4.79 Å². The molecule has 0 N–H and O–H groups in total. The van der Waals surface area contributed by atoms with Crippen molar-refractivity contribution in [3.05, 3.63) is 60.2 Å². The lowest BCUT2D eigenvalue weighted by Crippen LogP contribution is -2.29. The van der Waals surface area contributed by atoms with Gasteiger partial charge in [0.15, 0.2) is 11.5 Å². The molecule has 1 amide bonds. The first-order valence-corrected chi connectivity index (χ1v) is 9.98. The van der Waals surface area contributed by atoms with Crippen LogP contribution in [-0.2, 0) is 11.2 Å². The zero-order valence-corrected chi connectivity index (χ0v) is 18.5. The summed E-state index contributed by atoms with van der Waals surface area (Å²) < 4.78 is 17.8. The summed E-state index contributed by atoms with van der Waals surface area (Å²) in [4.78, 5) is 18.6. The van der Waals surface area contributed by atoms with E-state index in [0.29, 0.717) is 30.1 Å². The number of nitrogens with zero attached hydrogens (tertiary/aromatic N) is 4. The van der Waals surface area contributed by atoms with Crippen molar-refractivity contribution in [1.82, 2.24) is 19.7 Å². The van der Waals surface area contributed by atoms with E-state index < -0.39 is 0 Å². The Balaban J connectivity index is 1.65. The maximum atomic E-state index is 12.8. The third-order valence-corrected chi connectivity index (χ3v) is 5.39. The number of hydrogen-bond donors (Lipinski definition) is 0. The number of rotatable bonds is 9. The minimum absolute atomic E-state index is 0.0570. The Morgan fingerprint density at radius 1 is 1.06 bits per heavy atom. The van der Waals surface area contributed by atoms with Gasteiger partial charge < -0.3 is 19.1 Å². The molecule has 8 heteroatoms. The highest BCUT2D eigenvalue weighted by molar-refractivity contribution is 5.76. The van der Waals surface area contributed by atoms with Crippen molar-refractivity contribution in [3.63, 3.8) is 0 Å². The lowest BCUT2D eigenvalue weighted by atomic mass is 10.0. The third-order valence-electron chi connectivity index (χ3n) is 5.39. The van der Waals surface area contributed by atoms with E-state index in [-0.39, 0.29) is 11.9 Å². The first-order valence-electron chi connectivity index (χ1n) is 9.98. The van der Waals surface area contributed by atoms with Crippen LogP contribution in [0.1, 0.15) is 30.5 Å². The lowest BCUT2D eigenvalue weighted by molar-refractivity contribution is -0.131. The molecule has 8 nitrogen and oxygen atoms in total. The largest absolute Gasteiger partial charge is 0.493 e. The molecule has 0 bridgehead atoms. The van der Waals surface area contributed by atoms with E-state index in [2.05, 4.69) is 10.1 Å². The topological polar surface area (TPSA) is 78.7 Å². The van der Waals surface area contributed by atoms with Crippen molar-refractivity contribution >= 4 is 5.91 Å². The van der Waals surface area contributed by atoms with Crippen molar-refractivity contribution < 1.29 is 19.0 Å². The molecule has 0 aliphatic rings. The molecule has 0 fully saturated rings. The summed E-state index contributed by atoms with van der Waals surface area (Å²) in [7, 11) is 6.55. The lowest BCUT2D eigenvalue weighted by Gasteiger charge is -2.26. The van der Waals surface area contributed by atoms with Gasteiger partial charge in [0.25, 0.3) is 0 Å². The average molecular weight is 425 g/mol. The Bertz CT molecular complexity index is 978. The van der Waals surface area contributed by atoms with Crippen LogP contribution < -0.4 is 14.2 Å². The third kappa shape index (κ3) is 4.96. The summed E-state index contributed by atoms with van der Waals surface area (Å²) in [5.41, 5.74) is 2.92. The number of hydrogen-bond acceptors (Lipinski definition) is 6. The first-order chi connectivity index (χ1) is 15.0. The normalized spacial score (nSPS) is 11.6. The van der Waals surface area contributed by atoms with E-state index in [1.807, 2.05) is 50.4 Å². The summed E-state index contributed by atoms with van der Waals surface area (Å²) in [6, 6.07) is 11.6. The van der Waals surface area contributed by atoms with Gasteiger partial charge in [0.1, 0.15) is 12.7 Å². The Kier molecular flexibility index (Phi) is 7.12. The second kappa shape index (κ2) is 9.97. The predicted molar refractivity (Wildman–Crippen MR) is 117 cm³/mol. The number of ether oxygens (including phenoxy) is 3. The molecule has 0 radical (unpaired) electrons. The van der Waals surface area contributed by atoms with Crippen LogP contribution >= 0.6 is 0 Å². The number of benzene rings is 2. The summed E-state index contributed by atoms with van der Waals surface area (Å²) >= 11 is 0. The summed E-state index contributed by atoms with van der Waals surface area (Å²) in [5.74, 6) is 1.76. The maximum Gasteiger partial charge on any atom is 0.223 e. The van der Waals surface area contributed by atoms with Gasteiger partial charge in [-0.05, 0) is 48.7 Å². The molecule has 31 heavy (non-hydrogen) atoms. The molecule has 0 unspecified atom stereocenters. The van der Waals surface area contributed by atoms with Crippen molar-refractivity contribution in [3.8, 4) is 22.9 Å². The molecule has 0 saturated carbocycles. The van der Waals surface area contributed by atoms with Gasteiger partial charge in [-0.15, -0.1) is 0 Å². The van der Waals surface area contributed by atoms with Gasteiger partial charge in [0, 0.05) is 13.5 Å². The number of aryl methyl sites for hydroxylation is 1. The number of amides is 1. The van der Waals surface area contributed by atoms with E-state index in [1.54, 1.807) is 37.2 Å². The highest BCUT2D eigenvalue weighted by Crippen LogP contribution is 2.38. The van der Waals surface area contributed by atoms with Crippen LogP contribution in [0.4, 0.5) is 0 Å². The molecular weight excluding hydrogens is 396 g/mol. The van der Waals surface area contributed by atoms with Crippen LogP contribution in [-0.4, -0.2) is 53.9 Å². The van der Waals surface area contributed by atoms with Gasteiger partial charge >= 0.3 is 0 Å². The first kappa shape index (κ1) is 22.1. The van der Waals surface area contributed by atoms with Gasteiger partial charge in [0.2, 0.25) is 11.7 Å².